The van der Waals surface area contributed by atoms with Gasteiger partial charge in [-0.25, -0.2) is 0 Å². The van der Waals surface area contributed by atoms with Crippen LogP contribution in [0.4, 0.5) is 0 Å². The summed E-state index contributed by atoms with van der Waals surface area (Å²) in [6.07, 6.45) is 2.95. The van der Waals surface area contributed by atoms with E-state index in [9.17, 15) is 4.79 Å². The molecule has 4 heteroatoms. The molecule has 1 aliphatic heterocycles. The van der Waals surface area contributed by atoms with Gasteiger partial charge in [-0.3, -0.25) is 4.79 Å². The molecule has 1 aromatic rings. The predicted octanol–water partition coefficient (Wildman–Crippen LogP) is 2.27. The Bertz CT molecular complexity index is 456. The molecular weight excluding hydrogens is 264 g/mol. The van der Waals surface area contributed by atoms with Crippen molar-refractivity contribution in [2.24, 2.45) is 5.92 Å². The lowest BCUT2D eigenvalue weighted by Gasteiger charge is -2.24. The summed E-state index contributed by atoms with van der Waals surface area (Å²) < 4.78 is 5.95. The molecule has 0 aliphatic carbocycles. The van der Waals surface area contributed by atoms with Crippen molar-refractivity contribution in [1.82, 2.24) is 10.6 Å². The summed E-state index contributed by atoms with van der Waals surface area (Å²) in [6, 6.07) is 8.02. The van der Waals surface area contributed by atoms with Crippen LogP contribution in [0.1, 0.15) is 31.7 Å². The standard InChI is InChI=1S/C17H26N2O2/c1-3-15(21-16-8-4-6-13(2)10-16)12-19-17(20)14-7-5-9-18-11-14/h4,6,8,10,14-15,18H,3,5,7,9,11-12H2,1-2H3,(H,19,20). The first-order chi connectivity index (χ1) is 10.2. The Balaban J connectivity index is 1.80. The Hall–Kier alpha value is -1.55. The smallest absolute Gasteiger partial charge is 0.224 e. The highest BCUT2D eigenvalue weighted by atomic mass is 16.5. The summed E-state index contributed by atoms with van der Waals surface area (Å²) in [5.41, 5.74) is 1.18. The Morgan fingerprint density at radius 2 is 2.38 bits per heavy atom. The molecule has 1 aromatic carbocycles. The zero-order valence-electron chi connectivity index (χ0n) is 13.0. The van der Waals surface area contributed by atoms with Gasteiger partial charge in [0, 0.05) is 6.54 Å². The highest BCUT2D eigenvalue weighted by Crippen LogP contribution is 2.15. The molecule has 1 amide bonds. The number of hydrogen-bond acceptors (Lipinski definition) is 3. The van der Waals surface area contributed by atoms with E-state index in [0.717, 1.165) is 38.1 Å². The summed E-state index contributed by atoms with van der Waals surface area (Å²) in [4.78, 5) is 12.1. The maximum absolute atomic E-state index is 12.1. The van der Waals surface area contributed by atoms with Crippen molar-refractivity contribution < 1.29 is 9.53 Å². The van der Waals surface area contributed by atoms with E-state index in [-0.39, 0.29) is 17.9 Å². The molecule has 0 radical (unpaired) electrons. The van der Waals surface area contributed by atoms with Gasteiger partial charge in [0.15, 0.2) is 0 Å². The fourth-order valence-electron chi connectivity index (χ4n) is 2.58. The lowest BCUT2D eigenvalue weighted by Crippen LogP contribution is -2.43. The van der Waals surface area contributed by atoms with Crippen molar-refractivity contribution in [2.45, 2.75) is 39.2 Å². The fourth-order valence-corrected chi connectivity index (χ4v) is 2.58. The molecule has 4 nitrogen and oxygen atoms in total. The fraction of sp³-hybridized carbons (Fsp3) is 0.588. The van der Waals surface area contributed by atoms with Crippen molar-refractivity contribution in [3.05, 3.63) is 29.8 Å². The van der Waals surface area contributed by atoms with Crippen molar-refractivity contribution in [3.8, 4) is 5.75 Å². The minimum Gasteiger partial charge on any atom is -0.489 e. The third-order valence-corrected chi connectivity index (χ3v) is 3.92. The van der Waals surface area contributed by atoms with Gasteiger partial charge in [-0.15, -0.1) is 0 Å². The molecule has 0 bridgehead atoms. The lowest BCUT2D eigenvalue weighted by molar-refractivity contribution is -0.125. The molecule has 1 aliphatic rings. The van der Waals surface area contributed by atoms with Gasteiger partial charge in [0.05, 0.1) is 12.5 Å². The van der Waals surface area contributed by atoms with Gasteiger partial charge in [0.1, 0.15) is 11.9 Å². The second-order valence-electron chi connectivity index (χ2n) is 5.75. The molecular formula is C17H26N2O2. The average Bonchev–Trinajstić information content (AvgIpc) is 2.52. The second-order valence-corrected chi connectivity index (χ2v) is 5.75. The first kappa shape index (κ1) is 15.8. The number of amides is 1. The maximum atomic E-state index is 12.1. The van der Waals surface area contributed by atoms with E-state index in [2.05, 4.69) is 17.6 Å². The monoisotopic (exact) mass is 290 g/mol. The largest absolute Gasteiger partial charge is 0.489 e. The van der Waals surface area contributed by atoms with Gasteiger partial charge in [0.25, 0.3) is 0 Å². The molecule has 21 heavy (non-hydrogen) atoms. The number of carbonyl (C=O) groups is 1. The summed E-state index contributed by atoms with van der Waals surface area (Å²) in [7, 11) is 0. The number of nitrogens with one attached hydrogen (secondary N) is 2. The summed E-state index contributed by atoms with van der Waals surface area (Å²) >= 11 is 0. The van der Waals surface area contributed by atoms with Crippen LogP contribution in [-0.2, 0) is 4.79 Å². The van der Waals surface area contributed by atoms with Gasteiger partial charge >= 0.3 is 0 Å². The quantitative estimate of drug-likeness (QED) is 0.845. The predicted molar refractivity (Wildman–Crippen MR) is 84.5 cm³/mol. The molecule has 2 rings (SSSR count). The minimum atomic E-state index is 0.0206. The highest BCUT2D eigenvalue weighted by molar-refractivity contribution is 5.79. The normalized spacial score (nSPS) is 19.8. The van der Waals surface area contributed by atoms with E-state index in [4.69, 9.17) is 4.74 Å². The topological polar surface area (TPSA) is 50.4 Å². The molecule has 1 fully saturated rings. The van der Waals surface area contributed by atoms with E-state index >= 15 is 0 Å². The van der Waals surface area contributed by atoms with Crippen LogP contribution in [0.3, 0.4) is 0 Å². The number of rotatable bonds is 6. The molecule has 0 aromatic heterocycles. The van der Waals surface area contributed by atoms with Crippen LogP contribution < -0.4 is 15.4 Å². The van der Waals surface area contributed by atoms with Gasteiger partial charge in [-0.1, -0.05) is 19.1 Å². The molecule has 1 heterocycles. The Morgan fingerprint density at radius 3 is 3.05 bits per heavy atom. The third-order valence-electron chi connectivity index (χ3n) is 3.92. The van der Waals surface area contributed by atoms with Crippen molar-refractivity contribution >= 4 is 5.91 Å². The molecule has 2 N–H and O–H groups in total. The maximum Gasteiger partial charge on any atom is 0.224 e. The first-order valence-electron chi connectivity index (χ1n) is 7.90. The van der Waals surface area contributed by atoms with Crippen LogP contribution in [0.15, 0.2) is 24.3 Å². The van der Waals surface area contributed by atoms with Gasteiger partial charge < -0.3 is 15.4 Å². The van der Waals surface area contributed by atoms with Crippen LogP contribution in [0.25, 0.3) is 0 Å². The van der Waals surface area contributed by atoms with Crippen molar-refractivity contribution in [2.75, 3.05) is 19.6 Å². The second kappa shape index (κ2) is 8.03. The Morgan fingerprint density at radius 1 is 1.52 bits per heavy atom. The number of aryl methyl sites for hydroxylation is 1. The Labute approximate surface area is 127 Å². The molecule has 2 unspecified atom stereocenters. The zero-order chi connectivity index (χ0) is 15.1. The average molecular weight is 290 g/mol. The van der Waals surface area contributed by atoms with Crippen LogP contribution >= 0.6 is 0 Å². The van der Waals surface area contributed by atoms with E-state index in [1.165, 1.54) is 5.56 Å². The number of piperidine rings is 1. The van der Waals surface area contributed by atoms with Crippen LogP contribution in [0.5, 0.6) is 5.75 Å². The number of carbonyl (C=O) groups excluding carboxylic acids is 1. The summed E-state index contributed by atoms with van der Waals surface area (Å²) in [5.74, 6) is 1.12. The first-order valence-corrected chi connectivity index (χ1v) is 7.90. The summed E-state index contributed by atoms with van der Waals surface area (Å²) in [6.45, 7) is 6.51. The van der Waals surface area contributed by atoms with Crippen LogP contribution in [0, 0.1) is 12.8 Å². The van der Waals surface area contributed by atoms with E-state index in [0.29, 0.717) is 6.54 Å². The molecule has 0 saturated carbocycles. The highest BCUT2D eigenvalue weighted by Gasteiger charge is 2.21. The number of ether oxygens (including phenoxy) is 1. The van der Waals surface area contributed by atoms with Gasteiger partial charge in [-0.05, 0) is 50.4 Å². The van der Waals surface area contributed by atoms with E-state index in [1.54, 1.807) is 0 Å². The lowest BCUT2D eigenvalue weighted by atomic mass is 9.99. The van der Waals surface area contributed by atoms with Crippen LogP contribution in [-0.4, -0.2) is 31.6 Å². The zero-order valence-corrected chi connectivity index (χ0v) is 13.0. The molecule has 0 spiro atoms. The number of hydrogen-bond donors (Lipinski definition) is 2. The van der Waals surface area contributed by atoms with E-state index < -0.39 is 0 Å². The van der Waals surface area contributed by atoms with Crippen molar-refractivity contribution in [1.29, 1.82) is 0 Å². The van der Waals surface area contributed by atoms with Gasteiger partial charge in [-0.2, -0.15) is 0 Å². The SMILES string of the molecule is CCC(CNC(=O)C1CCCNC1)Oc1cccc(C)c1. The minimum absolute atomic E-state index is 0.0206. The van der Waals surface area contributed by atoms with E-state index in [1.807, 2.05) is 31.2 Å². The molecule has 2 atom stereocenters. The van der Waals surface area contributed by atoms with Gasteiger partial charge in [0.2, 0.25) is 5.91 Å². The van der Waals surface area contributed by atoms with Crippen molar-refractivity contribution in [3.63, 3.8) is 0 Å². The van der Waals surface area contributed by atoms with Crippen LogP contribution in [0.2, 0.25) is 0 Å². The number of benzene rings is 1. The third kappa shape index (κ3) is 5.05. The molecule has 1 saturated heterocycles. The summed E-state index contributed by atoms with van der Waals surface area (Å²) in [5, 5.41) is 6.31. The Kier molecular flexibility index (Phi) is 6.05. The molecule has 116 valence electrons.